The number of pyridine rings is 1. The second kappa shape index (κ2) is 4.07. The molecule has 0 amide bonds. The smallest absolute Gasteiger partial charge is 0.339 e. The van der Waals surface area contributed by atoms with Gasteiger partial charge in [0, 0.05) is 0 Å². The summed E-state index contributed by atoms with van der Waals surface area (Å²) >= 11 is 0. The Morgan fingerprint density at radius 1 is 1.60 bits per heavy atom. The van der Waals surface area contributed by atoms with E-state index in [0.29, 0.717) is 6.07 Å². The molecule has 0 aliphatic rings. The second-order valence-electron chi connectivity index (χ2n) is 2.56. The molecule has 0 bridgehead atoms. The van der Waals surface area contributed by atoms with Crippen LogP contribution in [0.1, 0.15) is 22.5 Å². The monoisotopic (exact) mass is 219 g/mol. The zero-order valence-corrected chi connectivity index (χ0v) is 7.57. The average Bonchev–Trinajstić information content (AvgIpc) is 2.17. The second-order valence-corrected chi connectivity index (χ2v) is 2.56. The van der Waals surface area contributed by atoms with Crippen LogP contribution < -0.4 is 4.74 Å². The molecule has 0 unspecified atom stereocenters. The van der Waals surface area contributed by atoms with E-state index in [9.17, 15) is 18.7 Å². The number of ether oxygens (including phenoxy) is 1. The van der Waals surface area contributed by atoms with Crippen molar-refractivity contribution in [2.24, 2.45) is 0 Å². The summed E-state index contributed by atoms with van der Waals surface area (Å²) in [5.41, 5.74) is -1.43. The van der Waals surface area contributed by atoms with Crippen molar-refractivity contribution >= 4 is 5.97 Å². The number of hydrogen-bond acceptors (Lipinski definition) is 4. The van der Waals surface area contributed by atoms with Crippen LogP contribution in [0.25, 0.3) is 0 Å². The lowest BCUT2D eigenvalue weighted by atomic mass is 10.2. The predicted octanol–water partition coefficient (Wildman–Crippen LogP) is 1.43. The molecule has 0 radical (unpaired) electrons. The Hall–Kier alpha value is -1.92. The van der Waals surface area contributed by atoms with Crippen LogP contribution in [0.2, 0.25) is 0 Å². The molecule has 2 N–H and O–H groups in total. The highest BCUT2D eigenvalue weighted by Gasteiger charge is 2.21. The minimum absolute atomic E-state index is 0.537. The van der Waals surface area contributed by atoms with Crippen LogP contribution in [-0.4, -0.2) is 28.3 Å². The zero-order chi connectivity index (χ0) is 11.6. The van der Waals surface area contributed by atoms with E-state index in [1.54, 1.807) is 0 Å². The number of nitrogens with zero attached hydrogens (tertiary/aromatic N) is 1. The summed E-state index contributed by atoms with van der Waals surface area (Å²) in [6, 6.07) is 0.602. The molecule has 1 aromatic rings. The Bertz CT molecular complexity index is 394. The minimum Gasteiger partial charge on any atom is -0.502 e. The van der Waals surface area contributed by atoms with Gasteiger partial charge in [0.2, 0.25) is 0 Å². The van der Waals surface area contributed by atoms with Crippen molar-refractivity contribution in [2.75, 3.05) is 7.11 Å². The lowest BCUT2D eigenvalue weighted by molar-refractivity contribution is 0.0691. The van der Waals surface area contributed by atoms with Crippen LogP contribution in [0.3, 0.4) is 0 Å². The molecule has 0 aromatic carbocycles. The molecule has 0 aliphatic carbocycles. The van der Waals surface area contributed by atoms with Crippen LogP contribution in [-0.2, 0) is 0 Å². The third-order valence-electron chi connectivity index (χ3n) is 1.63. The predicted molar refractivity (Wildman–Crippen MR) is 44.4 cm³/mol. The number of aromatic hydroxyl groups is 1. The first-order chi connectivity index (χ1) is 6.97. The SMILES string of the molecule is COc1nc(C(F)F)cc(C(=O)O)c1O. The quantitative estimate of drug-likeness (QED) is 0.803. The summed E-state index contributed by atoms with van der Waals surface area (Å²) in [6.45, 7) is 0. The molecule has 0 fully saturated rings. The van der Waals surface area contributed by atoms with Crippen molar-refractivity contribution in [2.45, 2.75) is 6.43 Å². The van der Waals surface area contributed by atoms with Crippen LogP contribution in [0, 0.1) is 0 Å². The van der Waals surface area contributed by atoms with Crippen molar-refractivity contribution in [1.29, 1.82) is 0 Å². The Balaban J connectivity index is 3.38. The molecule has 0 saturated heterocycles. The largest absolute Gasteiger partial charge is 0.502 e. The molecular weight excluding hydrogens is 212 g/mol. The first-order valence-corrected chi connectivity index (χ1v) is 3.76. The van der Waals surface area contributed by atoms with Crippen molar-refractivity contribution in [1.82, 2.24) is 4.98 Å². The molecule has 0 aliphatic heterocycles. The van der Waals surface area contributed by atoms with Gasteiger partial charge < -0.3 is 14.9 Å². The number of aromatic nitrogens is 1. The molecule has 7 heteroatoms. The van der Waals surface area contributed by atoms with Gasteiger partial charge in [0.05, 0.1) is 7.11 Å². The van der Waals surface area contributed by atoms with Crippen molar-refractivity contribution in [3.8, 4) is 11.6 Å². The number of methoxy groups -OCH3 is 1. The first-order valence-electron chi connectivity index (χ1n) is 3.76. The molecule has 0 saturated carbocycles. The summed E-state index contributed by atoms with van der Waals surface area (Å²) in [5.74, 6) is -2.84. The number of carboxylic acids is 1. The Labute approximate surface area is 82.9 Å². The maximum Gasteiger partial charge on any atom is 0.339 e. The fraction of sp³-hybridized carbons (Fsp3) is 0.250. The van der Waals surface area contributed by atoms with E-state index in [0.717, 1.165) is 7.11 Å². The average molecular weight is 219 g/mol. The molecular formula is C8H7F2NO4. The summed E-state index contributed by atoms with van der Waals surface area (Å²) in [6.07, 6.45) is -2.93. The molecule has 1 rings (SSSR count). The van der Waals surface area contributed by atoms with Gasteiger partial charge in [-0.15, -0.1) is 0 Å². The van der Waals surface area contributed by atoms with Crippen LogP contribution in [0.5, 0.6) is 11.6 Å². The lowest BCUT2D eigenvalue weighted by Gasteiger charge is -2.07. The summed E-state index contributed by atoms with van der Waals surface area (Å²) in [7, 11) is 1.09. The standard InChI is InChI=1S/C8H7F2NO4/c1-15-7-5(12)3(8(13)14)2-4(11-7)6(9)10/h2,6,12H,1H3,(H,13,14). The molecule has 0 spiro atoms. The summed E-state index contributed by atoms with van der Waals surface area (Å²) in [5, 5.41) is 17.9. The molecule has 1 heterocycles. The van der Waals surface area contributed by atoms with Gasteiger partial charge in [-0.2, -0.15) is 0 Å². The number of carbonyl (C=O) groups is 1. The van der Waals surface area contributed by atoms with Gasteiger partial charge >= 0.3 is 5.97 Å². The Morgan fingerprint density at radius 3 is 2.60 bits per heavy atom. The highest BCUT2D eigenvalue weighted by molar-refractivity contribution is 5.91. The van der Waals surface area contributed by atoms with E-state index in [1.807, 2.05) is 0 Å². The summed E-state index contributed by atoms with van der Waals surface area (Å²) in [4.78, 5) is 13.8. The number of rotatable bonds is 3. The van der Waals surface area contributed by atoms with Crippen molar-refractivity contribution in [3.05, 3.63) is 17.3 Å². The maximum atomic E-state index is 12.3. The molecule has 15 heavy (non-hydrogen) atoms. The molecule has 0 atom stereocenters. The van der Waals surface area contributed by atoms with E-state index in [2.05, 4.69) is 9.72 Å². The lowest BCUT2D eigenvalue weighted by Crippen LogP contribution is -2.03. The van der Waals surface area contributed by atoms with E-state index in [1.165, 1.54) is 0 Å². The molecule has 5 nitrogen and oxygen atoms in total. The fourth-order valence-electron chi connectivity index (χ4n) is 0.951. The third-order valence-corrected chi connectivity index (χ3v) is 1.63. The number of hydrogen-bond donors (Lipinski definition) is 2. The Morgan fingerprint density at radius 2 is 2.20 bits per heavy atom. The number of carboxylic acid groups (broad SMARTS) is 1. The molecule has 1 aromatic heterocycles. The highest BCUT2D eigenvalue weighted by Crippen LogP contribution is 2.31. The van der Waals surface area contributed by atoms with Gasteiger partial charge in [0.15, 0.2) is 5.75 Å². The summed E-state index contributed by atoms with van der Waals surface area (Å²) < 4.78 is 29.0. The number of aromatic carboxylic acids is 1. The van der Waals surface area contributed by atoms with Gasteiger partial charge in [0.25, 0.3) is 12.3 Å². The van der Waals surface area contributed by atoms with E-state index >= 15 is 0 Å². The highest BCUT2D eigenvalue weighted by atomic mass is 19.3. The van der Waals surface area contributed by atoms with Gasteiger partial charge in [-0.3, -0.25) is 0 Å². The number of halogens is 2. The first kappa shape index (κ1) is 11.2. The van der Waals surface area contributed by atoms with Crippen molar-refractivity contribution < 1.29 is 28.5 Å². The normalized spacial score (nSPS) is 10.4. The van der Waals surface area contributed by atoms with E-state index < -0.39 is 35.3 Å². The van der Waals surface area contributed by atoms with Gasteiger partial charge in [-0.05, 0) is 6.07 Å². The van der Waals surface area contributed by atoms with Crippen LogP contribution in [0.4, 0.5) is 8.78 Å². The minimum atomic E-state index is -2.93. The van der Waals surface area contributed by atoms with Gasteiger partial charge in [-0.25, -0.2) is 18.6 Å². The fourth-order valence-corrected chi connectivity index (χ4v) is 0.951. The van der Waals surface area contributed by atoms with Gasteiger partial charge in [0.1, 0.15) is 11.3 Å². The van der Waals surface area contributed by atoms with E-state index in [-0.39, 0.29) is 0 Å². The van der Waals surface area contributed by atoms with Gasteiger partial charge in [-0.1, -0.05) is 0 Å². The van der Waals surface area contributed by atoms with E-state index in [4.69, 9.17) is 5.11 Å². The Kier molecular flexibility index (Phi) is 3.03. The third kappa shape index (κ3) is 2.12. The maximum absolute atomic E-state index is 12.3. The number of alkyl halides is 2. The van der Waals surface area contributed by atoms with Crippen LogP contribution in [0.15, 0.2) is 6.07 Å². The zero-order valence-electron chi connectivity index (χ0n) is 7.57. The van der Waals surface area contributed by atoms with Crippen LogP contribution >= 0.6 is 0 Å². The topological polar surface area (TPSA) is 79.7 Å². The van der Waals surface area contributed by atoms with Crippen molar-refractivity contribution in [3.63, 3.8) is 0 Å². The molecule has 82 valence electrons.